The molecule has 2 rings (SSSR count). The standard InChI is InChI=1S/C14H12ClFN2O3S/c15-12-2-1-8-17-14(12)22(20,21)9-7-13(19)18-11-5-3-10(16)4-6-11/h1-6,8H,7,9H2,(H,18,19). The molecule has 0 saturated heterocycles. The average molecular weight is 343 g/mol. The van der Waals surface area contributed by atoms with Crippen LogP contribution in [-0.4, -0.2) is 25.1 Å². The normalized spacial score (nSPS) is 11.2. The molecule has 22 heavy (non-hydrogen) atoms. The fourth-order valence-electron chi connectivity index (χ4n) is 1.68. The number of nitrogens with zero attached hydrogens (tertiary/aromatic N) is 1. The summed E-state index contributed by atoms with van der Waals surface area (Å²) in [5.74, 6) is -1.34. The Balaban J connectivity index is 1.98. The smallest absolute Gasteiger partial charge is 0.225 e. The van der Waals surface area contributed by atoms with Gasteiger partial charge in [-0.15, -0.1) is 0 Å². The van der Waals surface area contributed by atoms with E-state index in [9.17, 15) is 17.6 Å². The highest BCUT2D eigenvalue weighted by atomic mass is 35.5. The first-order valence-corrected chi connectivity index (χ1v) is 8.30. The van der Waals surface area contributed by atoms with Crippen LogP contribution in [0, 0.1) is 5.82 Å². The van der Waals surface area contributed by atoms with Crippen LogP contribution in [0.3, 0.4) is 0 Å². The van der Waals surface area contributed by atoms with Crippen LogP contribution in [0.5, 0.6) is 0 Å². The van der Waals surface area contributed by atoms with Crippen LogP contribution >= 0.6 is 11.6 Å². The van der Waals surface area contributed by atoms with E-state index < -0.39 is 27.3 Å². The number of hydrogen-bond acceptors (Lipinski definition) is 4. The van der Waals surface area contributed by atoms with Crippen molar-refractivity contribution in [3.05, 3.63) is 53.4 Å². The first kappa shape index (κ1) is 16.4. The van der Waals surface area contributed by atoms with Gasteiger partial charge in [-0.2, -0.15) is 0 Å². The summed E-state index contributed by atoms with van der Waals surface area (Å²) in [4.78, 5) is 15.5. The Labute approximate surface area is 132 Å². The van der Waals surface area contributed by atoms with E-state index in [4.69, 9.17) is 11.6 Å². The summed E-state index contributed by atoms with van der Waals surface area (Å²) in [6, 6.07) is 8.09. The summed E-state index contributed by atoms with van der Waals surface area (Å²) in [7, 11) is -3.75. The van der Waals surface area contributed by atoms with E-state index >= 15 is 0 Å². The zero-order valence-electron chi connectivity index (χ0n) is 11.3. The molecular weight excluding hydrogens is 331 g/mol. The van der Waals surface area contributed by atoms with Gasteiger partial charge in [0.1, 0.15) is 5.82 Å². The first-order chi connectivity index (χ1) is 10.4. The number of amides is 1. The topological polar surface area (TPSA) is 76.1 Å². The summed E-state index contributed by atoms with van der Waals surface area (Å²) >= 11 is 5.79. The average Bonchev–Trinajstić information content (AvgIpc) is 2.48. The number of benzene rings is 1. The number of carbonyl (C=O) groups is 1. The molecule has 1 N–H and O–H groups in total. The number of nitrogens with one attached hydrogen (secondary N) is 1. The molecule has 5 nitrogen and oxygen atoms in total. The number of pyridine rings is 1. The molecule has 0 atom stereocenters. The van der Waals surface area contributed by atoms with Gasteiger partial charge in [0, 0.05) is 18.3 Å². The molecule has 1 aromatic carbocycles. The zero-order chi connectivity index (χ0) is 16.2. The highest BCUT2D eigenvalue weighted by Gasteiger charge is 2.20. The molecule has 0 bridgehead atoms. The Morgan fingerprint density at radius 3 is 2.55 bits per heavy atom. The van der Waals surface area contributed by atoms with E-state index in [0.29, 0.717) is 5.69 Å². The van der Waals surface area contributed by atoms with Gasteiger partial charge in [-0.1, -0.05) is 11.6 Å². The fraction of sp³-hybridized carbons (Fsp3) is 0.143. The van der Waals surface area contributed by atoms with Gasteiger partial charge in [0.25, 0.3) is 0 Å². The largest absolute Gasteiger partial charge is 0.326 e. The Morgan fingerprint density at radius 2 is 1.91 bits per heavy atom. The predicted octanol–water partition coefficient (Wildman–Crippen LogP) is 2.68. The van der Waals surface area contributed by atoms with Crippen molar-refractivity contribution in [1.29, 1.82) is 0 Å². The molecule has 0 radical (unpaired) electrons. The summed E-state index contributed by atoms with van der Waals surface area (Å²) in [5, 5.41) is 2.26. The quantitative estimate of drug-likeness (QED) is 0.906. The van der Waals surface area contributed by atoms with Crippen molar-refractivity contribution in [2.24, 2.45) is 0 Å². The number of aromatic nitrogens is 1. The molecule has 0 fully saturated rings. The maximum atomic E-state index is 12.7. The van der Waals surface area contributed by atoms with Crippen LogP contribution in [0.1, 0.15) is 6.42 Å². The minimum absolute atomic E-state index is 0.0152. The molecule has 0 aliphatic heterocycles. The highest BCUT2D eigenvalue weighted by molar-refractivity contribution is 7.91. The predicted molar refractivity (Wildman–Crippen MR) is 80.9 cm³/mol. The second kappa shape index (κ2) is 6.85. The van der Waals surface area contributed by atoms with Crippen LogP contribution in [-0.2, 0) is 14.6 Å². The van der Waals surface area contributed by atoms with Gasteiger partial charge in [-0.05, 0) is 36.4 Å². The summed E-state index contributed by atoms with van der Waals surface area (Å²) in [6.07, 6.45) is 1.06. The van der Waals surface area contributed by atoms with Gasteiger partial charge in [-0.25, -0.2) is 17.8 Å². The Kier molecular flexibility index (Phi) is 5.10. The van der Waals surface area contributed by atoms with Crippen molar-refractivity contribution in [2.75, 3.05) is 11.1 Å². The Hall–Kier alpha value is -1.99. The molecule has 1 amide bonds. The zero-order valence-corrected chi connectivity index (χ0v) is 12.9. The van der Waals surface area contributed by atoms with Crippen molar-refractivity contribution in [3.63, 3.8) is 0 Å². The minimum Gasteiger partial charge on any atom is -0.326 e. The number of anilines is 1. The maximum absolute atomic E-state index is 12.7. The number of rotatable bonds is 5. The van der Waals surface area contributed by atoms with Gasteiger partial charge < -0.3 is 5.32 Å². The molecule has 0 spiro atoms. The van der Waals surface area contributed by atoms with Gasteiger partial charge in [0.05, 0.1) is 10.8 Å². The fourth-order valence-corrected chi connectivity index (χ4v) is 3.39. The van der Waals surface area contributed by atoms with E-state index in [1.54, 1.807) is 0 Å². The number of sulfone groups is 1. The second-order valence-corrected chi connectivity index (χ2v) is 6.85. The third-order valence-corrected chi connectivity index (χ3v) is 4.82. The Morgan fingerprint density at radius 1 is 1.23 bits per heavy atom. The van der Waals surface area contributed by atoms with Gasteiger partial charge in [-0.3, -0.25) is 4.79 Å². The van der Waals surface area contributed by atoms with Crippen LogP contribution in [0.25, 0.3) is 0 Å². The van der Waals surface area contributed by atoms with E-state index in [1.807, 2.05) is 0 Å². The van der Waals surface area contributed by atoms with Crippen LogP contribution in [0.2, 0.25) is 5.02 Å². The number of halogens is 2. The number of hydrogen-bond donors (Lipinski definition) is 1. The van der Waals surface area contributed by atoms with E-state index in [0.717, 1.165) is 0 Å². The van der Waals surface area contributed by atoms with Crippen molar-refractivity contribution >= 4 is 33.0 Å². The van der Waals surface area contributed by atoms with Crippen molar-refractivity contribution in [3.8, 4) is 0 Å². The molecule has 116 valence electrons. The lowest BCUT2D eigenvalue weighted by Gasteiger charge is -2.07. The van der Waals surface area contributed by atoms with E-state index in [1.165, 1.54) is 42.6 Å². The molecule has 0 aliphatic carbocycles. The van der Waals surface area contributed by atoms with E-state index in [-0.39, 0.29) is 16.5 Å². The molecule has 2 aromatic rings. The minimum atomic E-state index is -3.75. The molecular formula is C14H12ClFN2O3S. The third kappa shape index (κ3) is 4.25. The second-order valence-electron chi connectivity index (χ2n) is 4.41. The lowest BCUT2D eigenvalue weighted by molar-refractivity contribution is -0.115. The highest BCUT2D eigenvalue weighted by Crippen LogP contribution is 2.19. The van der Waals surface area contributed by atoms with E-state index in [2.05, 4.69) is 10.3 Å². The molecule has 0 saturated carbocycles. The van der Waals surface area contributed by atoms with Gasteiger partial charge in [0.2, 0.25) is 5.91 Å². The first-order valence-electron chi connectivity index (χ1n) is 6.27. The summed E-state index contributed by atoms with van der Waals surface area (Å²) in [6.45, 7) is 0. The molecule has 0 aliphatic rings. The van der Waals surface area contributed by atoms with Crippen LogP contribution in [0.4, 0.5) is 10.1 Å². The number of carbonyl (C=O) groups excluding carboxylic acids is 1. The maximum Gasteiger partial charge on any atom is 0.225 e. The SMILES string of the molecule is O=C(CCS(=O)(=O)c1ncccc1Cl)Nc1ccc(F)cc1. The molecule has 0 unspecified atom stereocenters. The summed E-state index contributed by atoms with van der Waals surface area (Å²) < 4.78 is 36.9. The van der Waals surface area contributed by atoms with Crippen LogP contribution < -0.4 is 5.32 Å². The van der Waals surface area contributed by atoms with Gasteiger partial charge >= 0.3 is 0 Å². The lowest BCUT2D eigenvalue weighted by Crippen LogP contribution is -2.18. The van der Waals surface area contributed by atoms with Gasteiger partial charge in [0.15, 0.2) is 14.9 Å². The van der Waals surface area contributed by atoms with Crippen molar-refractivity contribution in [1.82, 2.24) is 4.98 Å². The monoisotopic (exact) mass is 342 g/mol. The lowest BCUT2D eigenvalue weighted by atomic mass is 10.3. The Bertz CT molecular complexity index is 779. The van der Waals surface area contributed by atoms with Crippen molar-refractivity contribution in [2.45, 2.75) is 11.4 Å². The van der Waals surface area contributed by atoms with Crippen LogP contribution in [0.15, 0.2) is 47.6 Å². The molecule has 1 heterocycles. The van der Waals surface area contributed by atoms with Crippen molar-refractivity contribution < 1.29 is 17.6 Å². The summed E-state index contributed by atoms with van der Waals surface area (Å²) in [5.41, 5.74) is 0.389. The third-order valence-electron chi connectivity index (χ3n) is 2.75. The molecule has 8 heteroatoms. The molecule has 1 aromatic heterocycles.